The lowest BCUT2D eigenvalue weighted by Gasteiger charge is -2.29. The van der Waals surface area contributed by atoms with E-state index in [1.54, 1.807) is 6.07 Å². The van der Waals surface area contributed by atoms with Crippen LogP contribution in [-0.2, 0) is 0 Å². The molecular weight excluding hydrogens is 247 g/mol. The van der Waals surface area contributed by atoms with Gasteiger partial charge in [-0.1, -0.05) is 12.2 Å². The molecular formula is C14H19FN2S. The molecule has 0 aromatic heterocycles. The van der Waals surface area contributed by atoms with Gasteiger partial charge in [0.1, 0.15) is 10.8 Å². The van der Waals surface area contributed by atoms with Gasteiger partial charge in [-0.15, -0.1) is 0 Å². The fourth-order valence-corrected chi connectivity index (χ4v) is 2.24. The predicted molar refractivity (Wildman–Crippen MR) is 77.5 cm³/mol. The molecule has 0 spiro atoms. The highest BCUT2D eigenvalue weighted by Gasteiger charge is 2.26. The summed E-state index contributed by atoms with van der Waals surface area (Å²) in [5, 5.41) is 0. The summed E-state index contributed by atoms with van der Waals surface area (Å²) in [5.41, 5.74) is 6.70. The first-order valence-electron chi connectivity index (χ1n) is 6.35. The number of hydrogen-bond donors (Lipinski definition) is 1. The van der Waals surface area contributed by atoms with Crippen LogP contribution in [0.3, 0.4) is 0 Å². The van der Waals surface area contributed by atoms with Crippen molar-refractivity contribution in [2.24, 2.45) is 11.7 Å². The van der Waals surface area contributed by atoms with E-state index in [0.717, 1.165) is 18.2 Å². The Labute approximate surface area is 113 Å². The van der Waals surface area contributed by atoms with Gasteiger partial charge < -0.3 is 10.6 Å². The Morgan fingerprint density at radius 2 is 2.17 bits per heavy atom. The second-order valence-electron chi connectivity index (χ2n) is 5.22. The minimum Gasteiger partial charge on any atom is -0.389 e. The zero-order chi connectivity index (χ0) is 13.3. The van der Waals surface area contributed by atoms with Gasteiger partial charge in [0.05, 0.1) is 0 Å². The van der Waals surface area contributed by atoms with Gasteiger partial charge in [0.15, 0.2) is 0 Å². The van der Waals surface area contributed by atoms with Crippen LogP contribution in [0.4, 0.5) is 10.1 Å². The molecule has 4 heteroatoms. The first-order valence-corrected chi connectivity index (χ1v) is 6.76. The summed E-state index contributed by atoms with van der Waals surface area (Å²) in [6.45, 7) is 5.26. The van der Waals surface area contributed by atoms with Gasteiger partial charge in [-0.05, 0) is 50.8 Å². The van der Waals surface area contributed by atoms with E-state index in [9.17, 15) is 4.39 Å². The van der Waals surface area contributed by atoms with E-state index in [1.807, 2.05) is 6.07 Å². The summed E-state index contributed by atoms with van der Waals surface area (Å²) in [4.78, 5) is 2.35. The van der Waals surface area contributed by atoms with Crippen molar-refractivity contribution in [1.82, 2.24) is 0 Å². The number of hydrogen-bond acceptors (Lipinski definition) is 2. The third-order valence-electron chi connectivity index (χ3n) is 3.32. The number of nitrogens with zero attached hydrogens (tertiary/aromatic N) is 1. The molecule has 0 bridgehead atoms. The molecule has 1 saturated carbocycles. The minimum atomic E-state index is -0.332. The molecule has 2 N–H and O–H groups in total. The second kappa shape index (κ2) is 5.22. The lowest BCUT2D eigenvalue weighted by atomic mass is 10.1. The molecule has 1 fully saturated rings. The van der Waals surface area contributed by atoms with Crippen molar-refractivity contribution in [2.75, 3.05) is 11.4 Å². The minimum absolute atomic E-state index is 0.109. The molecule has 0 aliphatic heterocycles. The number of rotatable bonds is 5. The zero-order valence-electron chi connectivity index (χ0n) is 10.8. The summed E-state index contributed by atoms with van der Waals surface area (Å²) in [6, 6.07) is 5.48. The van der Waals surface area contributed by atoms with Gasteiger partial charge >= 0.3 is 0 Å². The van der Waals surface area contributed by atoms with Crippen molar-refractivity contribution in [3.63, 3.8) is 0 Å². The largest absolute Gasteiger partial charge is 0.389 e. The summed E-state index contributed by atoms with van der Waals surface area (Å²) in [7, 11) is 0. The van der Waals surface area contributed by atoms with Crippen LogP contribution >= 0.6 is 12.2 Å². The Kier molecular flexibility index (Phi) is 3.85. The SMILES string of the molecule is CC(C)N(CC1CC1)c1ccc(C(N)=S)c(F)c1. The zero-order valence-corrected chi connectivity index (χ0v) is 11.6. The van der Waals surface area contributed by atoms with Crippen LogP contribution in [0.1, 0.15) is 32.3 Å². The quantitative estimate of drug-likeness (QED) is 0.830. The maximum atomic E-state index is 13.9. The van der Waals surface area contributed by atoms with Crippen molar-refractivity contribution in [2.45, 2.75) is 32.7 Å². The van der Waals surface area contributed by atoms with Crippen molar-refractivity contribution < 1.29 is 4.39 Å². The van der Waals surface area contributed by atoms with E-state index in [-0.39, 0.29) is 10.8 Å². The summed E-state index contributed by atoms with van der Waals surface area (Å²) < 4.78 is 13.9. The van der Waals surface area contributed by atoms with Gasteiger partial charge in [-0.3, -0.25) is 0 Å². The average Bonchev–Trinajstić information content (AvgIpc) is 3.08. The molecule has 1 aromatic carbocycles. The monoisotopic (exact) mass is 266 g/mol. The normalized spacial score (nSPS) is 14.9. The van der Waals surface area contributed by atoms with Gasteiger partial charge in [-0.25, -0.2) is 4.39 Å². The molecule has 0 saturated heterocycles. The standard InChI is InChI=1S/C14H19FN2S/c1-9(2)17(8-10-3-4-10)11-5-6-12(14(16)18)13(15)7-11/h5-7,9-10H,3-4,8H2,1-2H3,(H2,16,18). The second-order valence-corrected chi connectivity index (χ2v) is 5.66. The summed E-state index contributed by atoms with van der Waals surface area (Å²) in [6.07, 6.45) is 2.58. The van der Waals surface area contributed by atoms with Crippen molar-refractivity contribution in [3.8, 4) is 0 Å². The third kappa shape index (κ3) is 2.99. The van der Waals surface area contributed by atoms with Crippen LogP contribution in [0.15, 0.2) is 18.2 Å². The third-order valence-corrected chi connectivity index (χ3v) is 3.54. The molecule has 0 atom stereocenters. The van der Waals surface area contributed by atoms with Crippen LogP contribution in [0.25, 0.3) is 0 Å². The summed E-state index contributed by atoms with van der Waals surface area (Å²) >= 11 is 4.81. The van der Waals surface area contributed by atoms with Gasteiger partial charge in [-0.2, -0.15) is 0 Å². The van der Waals surface area contributed by atoms with Crippen LogP contribution in [0.5, 0.6) is 0 Å². The summed E-state index contributed by atoms with van der Waals surface area (Å²) in [5.74, 6) is 0.437. The van der Waals surface area contributed by atoms with E-state index >= 15 is 0 Å². The van der Waals surface area contributed by atoms with Gasteiger partial charge in [0, 0.05) is 23.8 Å². The van der Waals surface area contributed by atoms with Crippen molar-refractivity contribution in [1.29, 1.82) is 0 Å². The highest BCUT2D eigenvalue weighted by Crippen LogP contribution is 2.32. The van der Waals surface area contributed by atoms with E-state index in [4.69, 9.17) is 18.0 Å². The molecule has 1 aliphatic rings. The molecule has 0 amide bonds. The Morgan fingerprint density at radius 1 is 1.50 bits per heavy atom. The molecule has 2 nitrogen and oxygen atoms in total. The Morgan fingerprint density at radius 3 is 2.61 bits per heavy atom. The van der Waals surface area contributed by atoms with Crippen molar-refractivity contribution >= 4 is 22.9 Å². The fraction of sp³-hybridized carbons (Fsp3) is 0.500. The van der Waals surface area contributed by atoms with E-state index in [0.29, 0.717) is 11.6 Å². The van der Waals surface area contributed by atoms with Crippen LogP contribution in [-0.4, -0.2) is 17.6 Å². The first-order chi connectivity index (χ1) is 8.49. The average molecular weight is 266 g/mol. The number of halogens is 1. The highest BCUT2D eigenvalue weighted by atomic mass is 32.1. The topological polar surface area (TPSA) is 29.3 Å². The van der Waals surface area contributed by atoms with Crippen LogP contribution in [0.2, 0.25) is 0 Å². The van der Waals surface area contributed by atoms with Crippen LogP contribution in [0, 0.1) is 11.7 Å². The van der Waals surface area contributed by atoms with E-state index < -0.39 is 0 Å². The maximum Gasteiger partial charge on any atom is 0.135 e. The molecule has 0 radical (unpaired) electrons. The lowest BCUT2D eigenvalue weighted by molar-refractivity contribution is 0.614. The Hall–Kier alpha value is -1.16. The lowest BCUT2D eigenvalue weighted by Crippen LogP contribution is -2.32. The number of nitrogens with two attached hydrogens (primary N) is 1. The molecule has 0 unspecified atom stereocenters. The molecule has 0 heterocycles. The smallest absolute Gasteiger partial charge is 0.135 e. The Balaban J connectivity index is 2.24. The molecule has 98 valence electrons. The number of thiocarbonyl (C=S) groups is 1. The molecule has 1 aromatic rings. The molecule has 1 aliphatic carbocycles. The predicted octanol–water partition coefficient (Wildman–Crippen LogP) is 3.08. The maximum absolute atomic E-state index is 13.9. The fourth-order valence-electron chi connectivity index (χ4n) is 2.08. The number of benzene rings is 1. The molecule has 18 heavy (non-hydrogen) atoms. The number of anilines is 1. The van der Waals surface area contributed by atoms with Gasteiger partial charge in [0.2, 0.25) is 0 Å². The van der Waals surface area contributed by atoms with E-state index in [2.05, 4.69) is 18.7 Å². The molecule has 2 rings (SSSR count). The first kappa shape index (κ1) is 13.3. The van der Waals surface area contributed by atoms with Crippen molar-refractivity contribution in [3.05, 3.63) is 29.6 Å². The van der Waals surface area contributed by atoms with Crippen LogP contribution < -0.4 is 10.6 Å². The Bertz CT molecular complexity index is 455. The van der Waals surface area contributed by atoms with E-state index in [1.165, 1.54) is 18.9 Å². The highest BCUT2D eigenvalue weighted by molar-refractivity contribution is 7.80. The van der Waals surface area contributed by atoms with Gasteiger partial charge in [0.25, 0.3) is 0 Å².